The number of halogens is 2. The largest absolute Gasteiger partial charge is 0.303 e. The first-order valence-electron chi connectivity index (χ1n) is 4.76. The molecule has 0 amide bonds. The molecule has 0 N–H and O–H groups in total. The molecule has 1 saturated carbocycles. The minimum Gasteiger partial charge on any atom is -0.303 e. The molecule has 2 fully saturated rings. The monoisotopic (exact) mass is 175 g/mol. The highest BCUT2D eigenvalue weighted by molar-refractivity contribution is 4.88. The maximum absolute atomic E-state index is 12.4. The number of alkyl halides is 2. The van der Waals surface area contributed by atoms with Crippen LogP contribution in [0.5, 0.6) is 0 Å². The third kappa shape index (κ3) is 1.76. The number of rotatable bonds is 2. The number of hydrogen-bond acceptors (Lipinski definition) is 1. The van der Waals surface area contributed by atoms with Crippen LogP contribution in [0, 0.1) is 5.92 Å². The van der Waals surface area contributed by atoms with E-state index in [1.54, 1.807) is 0 Å². The summed E-state index contributed by atoms with van der Waals surface area (Å²) in [6.07, 6.45) is 2.76. The molecular formula is C9H15F2N. The lowest BCUT2D eigenvalue weighted by molar-refractivity contribution is -0.115. The molecular weight excluding hydrogens is 160 g/mol. The van der Waals surface area contributed by atoms with Gasteiger partial charge in [0.25, 0.3) is 0 Å². The standard InChI is InChI=1S/C9H15F2N/c10-9(11)5-8(6-9)7-12-3-1-2-4-12/h8H,1-7H2. The Morgan fingerprint density at radius 3 is 2.25 bits per heavy atom. The van der Waals surface area contributed by atoms with E-state index in [1.807, 2.05) is 0 Å². The van der Waals surface area contributed by atoms with Crippen LogP contribution in [-0.4, -0.2) is 30.5 Å². The van der Waals surface area contributed by atoms with Crippen molar-refractivity contribution < 1.29 is 8.78 Å². The Labute approximate surface area is 71.7 Å². The quantitative estimate of drug-likeness (QED) is 0.621. The van der Waals surface area contributed by atoms with Gasteiger partial charge in [0.2, 0.25) is 5.92 Å². The predicted molar refractivity (Wildman–Crippen MR) is 43.3 cm³/mol. The SMILES string of the molecule is FC1(F)CC(CN2CCCC2)C1. The Balaban J connectivity index is 1.69. The fraction of sp³-hybridized carbons (Fsp3) is 1.00. The van der Waals surface area contributed by atoms with Gasteiger partial charge in [0.1, 0.15) is 0 Å². The third-order valence-corrected chi connectivity index (χ3v) is 2.89. The molecule has 0 spiro atoms. The molecule has 1 nitrogen and oxygen atoms in total. The molecule has 2 rings (SSSR count). The maximum Gasteiger partial charge on any atom is 0.248 e. The second-order valence-electron chi connectivity index (χ2n) is 4.14. The van der Waals surface area contributed by atoms with E-state index >= 15 is 0 Å². The molecule has 0 unspecified atom stereocenters. The summed E-state index contributed by atoms with van der Waals surface area (Å²) in [6.45, 7) is 3.17. The Morgan fingerprint density at radius 2 is 1.75 bits per heavy atom. The molecule has 0 radical (unpaired) electrons. The summed E-state index contributed by atoms with van der Waals surface area (Å²) in [5.74, 6) is -2.05. The minimum atomic E-state index is -2.33. The predicted octanol–water partition coefficient (Wildman–Crippen LogP) is 2.13. The molecule has 1 aliphatic carbocycles. The smallest absolute Gasteiger partial charge is 0.248 e. The molecule has 1 heterocycles. The van der Waals surface area contributed by atoms with Crippen molar-refractivity contribution in [3.05, 3.63) is 0 Å². The lowest BCUT2D eigenvalue weighted by atomic mass is 9.81. The Kier molecular flexibility index (Phi) is 2.07. The Bertz CT molecular complexity index is 156. The highest BCUT2D eigenvalue weighted by atomic mass is 19.3. The molecule has 12 heavy (non-hydrogen) atoms. The Hall–Kier alpha value is -0.180. The first-order chi connectivity index (χ1) is 5.66. The van der Waals surface area contributed by atoms with Crippen molar-refractivity contribution >= 4 is 0 Å². The summed E-state index contributed by atoms with van der Waals surface area (Å²) in [6, 6.07) is 0. The van der Waals surface area contributed by atoms with Gasteiger partial charge >= 0.3 is 0 Å². The van der Waals surface area contributed by atoms with Crippen LogP contribution in [0.1, 0.15) is 25.7 Å². The van der Waals surface area contributed by atoms with Gasteiger partial charge in [0, 0.05) is 19.4 Å². The van der Waals surface area contributed by atoms with E-state index in [9.17, 15) is 8.78 Å². The van der Waals surface area contributed by atoms with Crippen molar-refractivity contribution in [2.75, 3.05) is 19.6 Å². The van der Waals surface area contributed by atoms with E-state index in [4.69, 9.17) is 0 Å². The van der Waals surface area contributed by atoms with Gasteiger partial charge < -0.3 is 4.90 Å². The van der Waals surface area contributed by atoms with Crippen molar-refractivity contribution in [3.63, 3.8) is 0 Å². The normalized spacial score (nSPS) is 30.5. The van der Waals surface area contributed by atoms with Crippen LogP contribution in [0.2, 0.25) is 0 Å². The summed E-state index contributed by atoms with van der Waals surface area (Å²) in [7, 11) is 0. The van der Waals surface area contributed by atoms with Crippen molar-refractivity contribution in [3.8, 4) is 0 Å². The van der Waals surface area contributed by atoms with Crippen LogP contribution < -0.4 is 0 Å². The zero-order valence-electron chi connectivity index (χ0n) is 7.23. The van der Waals surface area contributed by atoms with Crippen LogP contribution in [0.15, 0.2) is 0 Å². The zero-order valence-corrected chi connectivity index (χ0v) is 7.23. The van der Waals surface area contributed by atoms with Gasteiger partial charge in [-0.15, -0.1) is 0 Å². The zero-order chi connectivity index (χ0) is 8.60. The van der Waals surface area contributed by atoms with E-state index in [2.05, 4.69) is 4.90 Å². The van der Waals surface area contributed by atoms with Crippen LogP contribution in [0.4, 0.5) is 8.78 Å². The second kappa shape index (κ2) is 2.95. The average molecular weight is 175 g/mol. The van der Waals surface area contributed by atoms with E-state index in [0.29, 0.717) is 0 Å². The Morgan fingerprint density at radius 1 is 1.17 bits per heavy atom. The summed E-state index contributed by atoms with van der Waals surface area (Å²) in [5, 5.41) is 0. The van der Waals surface area contributed by atoms with Crippen molar-refractivity contribution in [2.24, 2.45) is 5.92 Å². The molecule has 0 aromatic rings. The highest BCUT2D eigenvalue weighted by Gasteiger charge is 2.45. The molecule has 1 saturated heterocycles. The molecule has 0 bridgehead atoms. The van der Waals surface area contributed by atoms with Gasteiger partial charge in [-0.05, 0) is 31.8 Å². The topological polar surface area (TPSA) is 3.24 Å². The van der Waals surface area contributed by atoms with E-state index < -0.39 is 5.92 Å². The van der Waals surface area contributed by atoms with Crippen molar-refractivity contribution in [1.29, 1.82) is 0 Å². The fourth-order valence-corrected chi connectivity index (χ4v) is 2.24. The number of nitrogens with zero attached hydrogens (tertiary/aromatic N) is 1. The van der Waals surface area contributed by atoms with E-state index in [-0.39, 0.29) is 18.8 Å². The van der Waals surface area contributed by atoms with E-state index in [0.717, 1.165) is 19.6 Å². The van der Waals surface area contributed by atoms with Gasteiger partial charge in [-0.2, -0.15) is 0 Å². The summed E-state index contributed by atoms with van der Waals surface area (Å²) in [4.78, 5) is 2.32. The summed E-state index contributed by atoms with van der Waals surface area (Å²) < 4.78 is 24.9. The van der Waals surface area contributed by atoms with Gasteiger partial charge in [0.05, 0.1) is 0 Å². The van der Waals surface area contributed by atoms with Gasteiger partial charge in [-0.1, -0.05) is 0 Å². The van der Waals surface area contributed by atoms with Crippen molar-refractivity contribution in [1.82, 2.24) is 4.90 Å². The molecule has 0 aromatic heterocycles. The number of hydrogen-bond donors (Lipinski definition) is 0. The lowest BCUT2D eigenvalue weighted by Gasteiger charge is -2.37. The fourth-order valence-electron chi connectivity index (χ4n) is 2.24. The van der Waals surface area contributed by atoms with Gasteiger partial charge in [-0.25, -0.2) is 8.78 Å². The lowest BCUT2D eigenvalue weighted by Crippen LogP contribution is -2.41. The third-order valence-electron chi connectivity index (χ3n) is 2.89. The number of likely N-dealkylation sites (tertiary alicyclic amines) is 1. The molecule has 1 aliphatic heterocycles. The summed E-state index contributed by atoms with van der Waals surface area (Å²) >= 11 is 0. The average Bonchev–Trinajstić information content (AvgIpc) is 2.35. The van der Waals surface area contributed by atoms with Crippen LogP contribution in [-0.2, 0) is 0 Å². The molecule has 70 valence electrons. The molecule has 3 heteroatoms. The molecule has 2 aliphatic rings. The van der Waals surface area contributed by atoms with Crippen LogP contribution >= 0.6 is 0 Å². The van der Waals surface area contributed by atoms with Crippen LogP contribution in [0.3, 0.4) is 0 Å². The molecule has 0 atom stereocenters. The summed E-state index contributed by atoms with van der Waals surface area (Å²) in [5.41, 5.74) is 0. The molecule has 0 aromatic carbocycles. The van der Waals surface area contributed by atoms with E-state index in [1.165, 1.54) is 12.8 Å². The van der Waals surface area contributed by atoms with Crippen LogP contribution in [0.25, 0.3) is 0 Å². The second-order valence-corrected chi connectivity index (χ2v) is 4.14. The maximum atomic E-state index is 12.4. The van der Waals surface area contributed by atoms with Gasteiger partial charge in [-0.3, -0.25) is 0 Å². The highest BCUT2D eigenvalue weighted by Crippen LogP contribution is 2.42. The first-order valence-corrected chi connectivity index (χ1v) is 4.76. The van der Waals surface area contributed by atoms with Crippen molar-refractivity contribution in [2.45, 2.75) is 31.6 Å². The first kappa shape index (κ1) is 8.42. The van der Waals surface area contributed by atoms with Gasteiger partial charge in [0.15, 0.2) is 0 Å². The minimum absolute atomic E-state index is 0.128.